The molecule has 1 aliphatic heterocycles. The molecule has 0 saturated carbocycles. The summed E-state index contributed by atoms with van der Waals surface area (Å²) in [7, 11) is -2.02. The van der Waals surface area contributed by atoms with E-state index in [1.54, 1.807) is 30.6 Å². The van der Waals surface area contributed by atoms with Crippen LogP contribution in [0.15, 0.2) is 84.8 Å². The molecule has 0 spiro atoms. The van der Waals surface area contributed by atoms with Crippen molar-refractivity contribution in [2.24, 2.45) is 5.14 Å². The molecule has 2 N–H and O–H groups in total. The fourth-order valence-corrected chi connectivity index (χ4v) is 7.25. The van der Waals surface area contributed by atoms with E-state index in [-0.39, 0.29) is 22.7 Å². The second kappa shape index (κ2) is 10.4. The molecule has 2 unspecified atom stereocenters. The molecule has 10 heteroatoms. The molecule has 37 heavy (non-hydrogen) atoms. The number of nitrogens with two attached hydrogens (primary N) is 1. The Kier molecular flexibility index (Phi) is 7.32. The number of ether oxygens (including phenoxy) is 2. The van der Waals surface area contributed by atoms with E-state index in [1.807, 2.05) is 30.3 Å². The first-order chi connectivity index (χ1) is 17.7. The Morgan fingerprint density at radius 2 is 1.73 bits per heavy atom. The zero-order valence-corrected chi connectivity index (χ0v) is 23.2. The number of benzene rings is 2. The van der Waals surface area contributed by atoms with Crippen LogP contribution >= 0.6 is 23.1 Å². The first-order valence-corrected chi connectivity index (χ1v) is 15.1. The number of nitrogens with zero attached hydrogens (tertiary/aromatic N) is 1. The lowest BCUT2D eigenvalue weighted by Gasteiger charge is -2.41. The van der Waals surface area contributed by atoms with Crippen LogP contribution in [0.1, 0.15) is 32.3 Å². The summed E-state index contributed by atoms with van der Waals surface area (Å²) in [6, 6.07) is 18.2. The summed E-state index contributed by atoms with van der Waals surface area (Å²) in [5.74, 6) is 0.615. The number of methoxy groups -OCH3 is 1. The molecule has 7 nitrogen and oxygen atoms in total. The van der Waals surface area contributed by atoms with E-state index < -0.39 is 10.0 Å². The Hall–Kier alpha value is -2.47. The van der Waals surface area contributed by atoms with Gasteiger partial charge in [0.15, 0.2) is 5.76 Å². The topological polar surface area (TPSA) is 105 Å². The predicted molar refractivity (Wildman–Crippen MR) is 145 cm³/mol. The van der Waals surface area contributed by atoms with Crippen molar-refractivity contribution in [1.82, 2.24) is 4.98 Å². The van der Waals surface area contributed by atoms with E-state index in [0.29, 0.717) is 16.7 Å². The normalized spacial score (nSPS) is 22.3. The van der Waals surface area contributed by atoms with Crippen molar-refractivity contribution in [3.63, 3.8) is 0 Å². The number of sulfonamides is 1. The van der Waals surface area contributed by atoms with Crippen LogP contribution in [0.25, 0.3) is 22.6 Å². The van der Waals surface area contributed by atoms with Gasteiger partial charge in [0.05, 0.1) is 26.9 Å². The summed E-state index contributed by atoms with van der Waals surface area (Å²) in [5.41, 5.74) is 3.00. The smallest absolute Gasteiger partial charge is 0.262 e. The van der Waals surface area contributed by atoms with Gasteiger partial charge in [-0.25, -0.2) is 18.5 Å². The summed E-state index contributed by atoms with van der Waals surface area (Å²) < 4.78 is 42.7. The fraction of sp³-hybridized carbons (Fsp3) is 0.296. The Balaban J connectivity index is 1.48. The Morgan fingerprint density at radius 1 is 1.05 bits per heavy atom. The molecular weight excluding hydrogens is 529 g/mol. The number of rotatable bonds is 7. The molecule has 2 aromatic heterocycles. The average molecular weight is 557 g/mol. The highest BCUT2D eigenvalue weighted by molar-refractivity contribution is 8.00. The molecule has 0 bridgehead atoms. The molecule has 0 radical (unpaired) electrons. The van der Waals surface area contributed by atoms with Crippen molar-refractivity contribution < 1.29 is 22.3 Å². The number of thiophene rings is 1. The molecule has 1 fully saturated rings. The molecule has 3 heterocycles. The van der Waals surface area contributed by atoms with Crippen molar-refractivity contribution in [2.75, 3.05) is 7.11 Å². The third kappa shape index (κ3) is 5.55. The molecule has 1 saturated heterocycles. The van der Waals surface area contributed by atoms with Gasteiger partial charge in [-0.05, 0) is 54.8 Å². The van der Waals surface area contributed by atoms with Gasteiger partial charge in [-0.1, -0.05) is 42.5 Å². The van der Waals surface area contributed by atoms with Gasteiger partial charge in [-0.2, -0.15) is 0 Å². The van der Waals surface area contributed by atoms with Crippen molar-refractivity contribution in [3.05, 3.63) is 71.6 Å². The maximum Gasteiger partial charge on any atom is 0.262 e. The third-order valence-corrected chi connectivity index (χ3v) is 9.34. The fourth-order valence-electron chi connectivity index (χ4n) is 4.85. The van der Waals surface area contributed by atoms with Gasteiger partial charge in [0.2, 0.25) is 10.0 Å². The van der Waals surface area contributed by atoms with Gasteiger partial charge in [0.1, 0.15) is 5.69 Å². The number of hydrogen-bond acceptors (Lipinski definition) is 8. The number of oxazole rings is 1. The zero-order valence-electron chi connectivity index (χ0n) is 20.7. The first kappa shape index (κ1) is 26.1. The molecular formula is C27H28N2O5S3. The molecule has 0 aliphatic carbocycles. The number of primary sulfonamides is 1. The minimum atomic E-state index is -3.79. The molecule has 4 aromatic rings. The second-order valence-electron chi connectivity index (χ2n) is 9.21. The molecule has 2 atom stereocenters. The number of hydrogen-bond donors (Lipinski definition) is 1. The van der Waals surface area contributed by atoms with Gasteiger partial charge in [0, 0.05) is 31.1 Å². The van der Waals surface area contributed by atoms with Crippen LogP contribution in [0.2, 0.25) is 0 Å². The zero-order chi connectivity index (χ0) is 26.2. The molecule has 5 rings (SSSR count). The lowest BCUT2D eigenvalue weighted by Crippen LogP contribution is -2.42. The van der Waals surface area contributed by atoms with E-state index >= 15 is 0 Å². The first-order valence-electron chi connectivity index (χ1n) is 11.8. The van der Waals surface area contributed by atoms with Crippen LogP contribution < -0.4 is 5.14 Å². The van der Waals surface area contributed by atoms with Gasteiger partial charge in [-0.3, -0.25) is 0 Å². The van der Waals surface area contributed by atoms with Gasteiger partial charge < -0.3 is 13.9 Å². The summed E-state index contributed by atoms with van der Waals surface area (Å²) in [6.45, 7) is 4.17. The minimum Gasteiger partial charge on any atom is -0.430 e. The van der Waals surface area contributed by atoms with E-state index in [0.717, 1.165) is 33.7 Å². The Labute approximate surface area is 225 Å². The van der Waals surface area contributed by atoms with Gasteiger partial charge in [0.25, 0.3) is 5.22 Å². The summed E-state index contributed by atoms with van der Waals surface area (Å²) in [6.07, 6.45) is 1.82. The maximum atomic E-state index is 11.7. The van der Waals surface area contributed by atoms with Crippen LogP contribution in [0, 0.1) is 0 Å². The highest BCUT2D eigenvalue weighted by atomic mass is 32.2. The monoisotopic (exact) mass is 556 g/mol. The second-order valence-corrected chi connectivity index (χ2v) is 12.9. The van der Waals surface area contributed by atoms with Crippen LogP contribution in [-0.2, 0) is 25.1 Å². The van der Waals surface area contributed by atoms with Gasteiger partial charge >= 0.3 is 0 Å². The number of aromatic nitrogens is 1. The lowest BCUT2D eigenvalue weighted by molar-refractivity contribution is -0.151. The van der Waals surface area contributed by atoms with E-state index in [9.17, 15) is 8.42 Å². The van der Waals surface area contributed by atoms with Crippen LogP contribution in [0.5, 0.6) is 0 Å². The quantitative estimate of drug-likeness (QED) is 0.285. The van der Waals surface area contributed by atoms with E-state index in [2.05, 4.69) is 25.3 Å². The molecule has 2 aromatic carbocycles. The van der Waals surface area contributed by atoms with Crippen molar-refractivity contribution in [2.45, 2.75) is 58.8 Å². The third-order valence-electron chi connectivity index (χ3n) is 6.48. The summed E-state index contributed by atoms with van der Waals surface area (Å²) >= 11 is 3.08. The minimum absolute atomic E-state index is 0.0468. The highest BCUT2D eigenvalue weighted by Crippen LogP contribution is 2.45. The van der Waals surface area contributed by atoms with Crippen LogP contribution in [0.3, 0.4) is 0 Å². The molecule has 1 aliphatic rings. The maximum absolute atomic E-state index is 11.7. The van der Waals surface area contributed by atoms with Crippen molar-refractivity contribution >= 4 is 33.1 Å². The van der Waals surface area contributed by atoms with Crippen LogP contribution in [-0.4, -0.2) is 32.7 Å². The highest BCUT2D eigenvalue weighted by Gasteiger charge is 2.41. The molecule has 0 amide bonds. The SMILES string of the molecule is COC1(c2csc(Sc3nc(-c4ccc(S(N)(=O)=O)cc4)c(-c4ccccc4)o3)c2)CC(C)OC(C)C1. The van der Waals surface area contributed by atoms with Crippen molar-refractivity contribution in [1.29, 1.82) is 0 Å². The lowest BCUT2D eigenvalue weighted by atomic mass is 9.83. The predicted octanol–water partition coefficient (Wildman–Crippen LogP) is 6.30. The van der Waals surface area contributed by atoms with Crippen molar-refractivity contribution in [3.8, 4) is 22.6 Å². The Bertz CT molecular complexity index is 1470. The van der Waals surface area contributed by atoms with Gasteiger partial charge in [-0.15, -0.1) is 11.3 Å². The molecule has 194 valence electrons. The average Bonchev–Trinajstić information content (AvgIpc) is 3.51. The van der Waals surface area contributed by atoms with E-state index in [1.165, 1.54) is 23.9 Å². The summed E-state index contributed by atoms with van der Waals surface area (Å²) in [5, 5.41) is 7.91. The van der Waals surface area contributed by atoms with Crippen LogP contribution in [0.4, 0.5) is 0 Å². The largest absolute Gasteiger partial charge is 0.430 e. The standard InChI is InChI=1S/C27H28N2O5S3/c1-17-14-27(32-3,15-18(2)33-17)21-13-23(35-16-21)36-26-29-24(25(34-26)20-7-5-4-6-8-20)19-9-11-22(12-10-19)37(28,30)31/h4-13,16-18H,14-15H2,1-3H3,(H2,28,30,31). The Morgan fingerprint density at radius 3 is 2.35 bits per heavy atom. The summed E-state index contributed by atoms with van der Waals surface area (Å²) in [4.78, 5) is 4.85. The van der Waals surface area contributed by atoms with E-state index in [4.69, 9.17) is 24.0 Å².